The Hall–Kier alpha value is -2.96. The minimum absolute atomic E-state index is 0.0299. The number of hydrogen-bond donors (Lipinski definition) is 1. The molecular weight excluding hydrogens is 409 g/mol. The van der Waals surface area contributed by atoms with Crippen LogP contribution in [0.3, 0.4) is 0 Å². The number of aliphatic hydroxyl groups is 1. The van der Waals surface area contributed by atoms with E-state index in [2.05, 4.69) is 0 Å². The van der Waals surface area contributed by atoms with E-state index < -0.39 is 23.8 Å². The highest BCUT2D eigenvalue weighted by Crippen LogP contribution is 2.35. The molecule has 1 aliphatic rings. The fourth-order valence-corrected chi connectivity index (χ4v) is 3.86. The highest BCUT2D eigenvalue weighted by atomic mass is 19.4. The van der Waals surface area contributed by atoms with Gasteiger partial charge in [-0.05, 0) is 61.7 Å². The number of aliphatic hydroxyl groups excluding tert-OH is 1. The van der Waals surface area contributed by atoms with Crippen molar-refractivity contribution in [1.29, 1.82) is 0 Å². The van der Waals surface area contributed by atoms with Gasteiger partial charge in [0.05, 0.1) is 12.2 Å². The SMILES string of the molecule is Cc1cc(C)c(C2=C(O)CC(C(C)COc3ccc(C(F)(F)F)cc3)OC2=O)c(C)c1. The molecule has 0 aliphatic carbocycles. The Labute approximate surface area is 179 Å². The van der Waals surface area contributed by atoms with E-state index in [4.69, 9.17) is 9.47 Å². The quantitative estimate of drug-likeness (QED) is 0.593. The van der Waals surface area contributed by atoms with Crippen LogP contribution in [0, 0.1) is 26.7 Å². The molecule has 31 heavy (non-hydrogen) atoms. The van der Waals surface area contributed by atoms with Crippen LogP contribution in [0.4, 0.5) is 13.2 Å². The molecule has 2 aromatic rings. The van der Waals surface area contributed by atoms with Crippen LogP contribution in [0.15, 0.2) is 42.2 Å². The molecule has 166 valence electrons. The highest BCUT2D eigenvalue weighted by molar-refractivity contribution is 6.18. The molecule has 0 fully saturated rings. The first-order valence-corrected chi connectivity index (χ1v) is 9.98. The van der Waals surface area contributed by atoms with Crippen molar-refractivity contribution in [2.45, 2.75) is 46.4 Å². The number of hydrogen-bond acceptors (Lipinski definition) is 4. The minimum atomic E-state index is -4.40. The van der Waals surface area contributed by atoms with E-state index in [1.54, 1.807) is 6.92 Å². The first-order valence-electron chi connectivity index (χ1n) is 9.98. The van der Waals surface area contributed by atoms with E-state index in [1.165, 1.54) is 12.1 Å². The fraction of sp³-hybridized carbons (Fsp3) is 0.375. The average Bonchev–Trinajstić information content (AvgIpc) is 2.67. The lowest BCUT2D eigenvalue weighted by atomic mass is 9.89. The predicted octanol–water partition coefficient (Wildman–Crippen LogP) is 5.93. The third-order valence-corrected chi connectivity index (χ3v) is 5.40. The predicted molar refractivity (Wildman–Crippen MR) is 111 cm³/mol. The van der Waals surface area contributed by atoms with Gasteiger partial charge in [-0.3, -0.25) is 0 Å². The number of esters is 1. The van der Waals surface area contributed by atoms with Gasteiger partial charge < -0.3 is 14.6 Å². The molecule has 0 saturated carbocycles. The van der Waals surface area contributed by atoms with E-state index in [-0.39, 0.29) is 36.0 Å². The van der Waals surface area contributed by atoms with Gasteiger partial charge in [0.2, 0.25) is 0 Å². The van der Waals surface area contributed by atoms with Gasteiger partial charge in [0, 0.05) is 12.3 Å². The van der Waals surface area contributed by atoms with Crippen molar-refractivity contribution < 1.29 is 32.5 Å². The Morgan fingerprint density at radius 1 is 1.13 bits per heavy atom. The van der Waals surface area contributed by atoms with Gasteiger partial charge in [0.15, 0.2) is 0 Å². The van der Waals surface area contributed by atoms with Crippen molar-refractivity contribution in [2.24, 2.45) is 5.92 Å². The lowest BCUT2D eigenvalue weighted by Gasteiger charge is -2.29. The Morgan fingerprint density at radius 3 is 2.23 bits per heavy atom. The van der Waals surface area contributed by atoms with Crippen LogP contribution in [0.2, 0.25) is 0 Å². The van der Waals surface area contributed by atoms with E-state index in [9.17, 15) is 23.1 Å². The number of rotatable bonds is 5. The van der Waals surface area contributed by atoms with Crippen LogP contribution in [0.1, 0.15) is 41.2 Å². The van der Waals surface area contributed by atoms with E-state index in [0.717, 1.165) is 28.8 Å². The summed E-state index contributed by atoms with van der Waals surface area (Å²) in [5, 5.41) is 10.7. The smallest absolute Gasteiger partial charge is 0.416 e. The number of alkyl halides is 3. The Kier molecular flexibility index (Phi) is 6.34. The normalized spacial score (nSPS) is 18.0. The molecule has 3 rings (SSSR count). The summed E-state index contributed by atoms with van der Waals surface area (Å²) in [6.45, 7) is 7.65. The van der Waals surface area contributed by atoms with Gasteiger partial charge in [-0.1, -0.05) is 24.6 Å². The van der Waals surface area contributed by atoms with Gasteiger partial charge in [-0.2, -0.15) is 13.2 Å². The molecule has 0 spiro atoms. The third-order valence-electron chi connectivity index (χ3n) is 5.40. The zero-order valence-corrected chi connectivity index (χ0v) is 17.8. The number of halogens is 3. The highest BCUT2D eigenvalue weighted by Gasteiger charge is 2.35. The summed E-state index contributed by atoms with van der Waals surface area (Å²) in [6, 6.07) is 8.30. The topological polar surface area (TPSA) is 55.8 Å². The molecule has 0 aromatic heterocycles. The summed E-state index contributed by atoms with van der Waals surface area (Å²) in [7, 11) is 0. The van der Waals surface area contributed by atoms with Crippen LogP contribution in [0.25, 0.3) is 5.57 Å². The molecule has 1 N–H and O–H groups in total. The second kappa shape index (κ2) is 8.65. The Balaban J connectivity index is 1.70. The number of aryl methyl sites for hydroxylation is 3. The zero-order valence-electron chi connectivity index (χ0n) is 17.8. The summed E-state index contributed by atoms with van der Waals surface area (Å²) < 4.78 is 49.1. The summed E-state index contributed by atoms with van der Waals surface area (Å²) >= 11 is 0. The van der Waals surface area contributed by atoms with Crippen LogP contribution in [-0.4, -0.2) is 23.8 Å². The average molecular weight is 434 g/mol. The molecule has 4 nitrogen and oxygen atoms in total. The number of ether oxygens (including phenoxy) is 2. The molecule has 0 amide bonds. The molecule has 7 heteroatoms. The van der Waals surface area contributed by atoms with Gasteiger partial charge in [0.25, 0.3) is 0 Å². The number of carbonyl (C=O) groups is 1. The fourth-order valence-electron chi connectivity index (χ4n) is 3.86. The number of carbonyl (C=O) groups excluding carboxylic acids is 1. The summed E-state index contributed by atoms with van der Waals surface area (Å²) in [6.07, 6.45) is -4.86. The van der Waals surface area contributed by atoms with Crippen molar-refractivity contribution in [3.63, 3.8) is 0 Å². The second-order valence-electron chi connectivity index (χ2n) is 8.05. The largest absolute Gasteiger partial charge is 0.511 e. The second-order valence-corrected chi connectivity index (χ2v) is 8.05. The molecule has 2 atom stereocenters. The first-order chi connectivity index (χ1) is 14.5. The maximum atomic E-state index is 12.7. The third kappa shape index (κ3) is 5.03. The molecule has 0 radical (unpaired) electrons. The molecular formula is C24H25F3O4. The molecule has 1 heterocycles. The maximum absolute atomic E-state index is 12.7. The van der Waals surface area contributed by atoms with Crippen molar-refractivity contribution in [3.8, 4) is 5.75 Å². The molecule has 0 bridgehead atoms. The summed E-state index contributed by atoms with van der Waals surface area (Å²) in [4.78, 5) is 12.7. The van der Waals surface area contributed by atoms with Gasteiger partial charge in [0.1, 0.15) is 23.2 Å². The van der Waals surface area contributed by atoms with E-state index >= 15 is 0 Å². The number of cyclic esters (lactones) is 1. The molecule has 1 aliphatic heterocycles. The van der Waals surface area contributed by atoms with Crippen molar-refractivity contribution in [1.82, 2.24) is 0 Å². The monoisotopic (exact) mass is 434 g/mol. The van der Waals surface area contributed by atoms with Gasteiger partial charge in [-0.25, -0.2) is 4.79 Å². The van der Waals surface area contributed by atoms with Crippen molar-refractivity contribution in [2.75, 3.05) is 6.61 Å². The lowest BCUT2D eigenvalue weighted by Crippen LogP contribution is -2.34. The van der Waals surface area contributed by atoms with Crippen molar-refractivity contribution in [3.05, 3.63) is 70.0 Å². The lowest BCUT2D eigenvalue weighted by molar-refractivity contribution is -0.146. The van der Waals surface area contributed by atoms with Crippen molar-refractivity contribution >= 4 is 11.5 Å². The minimum Gasteiger partial charge on any atom is -0.511 e. The molecule has 2 unspecified atom stereocenters. The van der Waals surface area contributed by atoms with E-state index in [0.29, 0.717) is 5.56 Å². The zero-order chi connectivity index (χ0) is 22.9. The number of benzene rings is 2. The van der Waals surface area contributed by atoms with Crippen LogP contribution < -0.4 is 4.74 Å². The molecule has 0 saturated heterocycles. The van der Waals surface area contributed by atoms with Crippen LogP contribution in [0.5, 0.6) is 5.75 Å². The van der Waals surface area contributed by atoms with Crippen LogP contribution in [-0.2, 0) is 15.7 Å². The summed E-state index contributed by atoms with van der Waals surface area (Å²) in [5.74, 6) is -0.619. The Morgan fingerprint density at radius 2 is 1.71 bits per heavy atom. The first kappa shape index (κ1) is 22.7. The standard InChI is InChI=1S/C24H25F3O4/c1-13-9-14(2)21(15(3)10-13)22-19(28)11-20(31-23(22)29)16(4)12-30-18-7-5-17(6-8-18)24(25,26)27/h5-10,16,20,28H,11-12H2,1-4H3. The molecule has 2 aromatic carbocycles. The van der Waals surface area contributed by atoms with Gasteiger partial charge in [-0.15, -0.1) is 0 Å². The Bertz CT molecular complexity index is 983. The maximum Gasteiger partial charge on any atom is 0.416 e. The van der Waals surface area contributed by atoms with Gasteiger partial charge >= 0.3 is 12.1 Å². The van der Waals surface area contributed by atoms with E-state index in [1.807, 2.05) is 32.9 Å². The van der Waals surface area contributed by atoms with Crippen LogP contribution >= 0.6 is 0 Å². The summed E-state index contributed by atoms with van der Waals surface area (Å²) in [5.41, 5.74) is 2.94.